The molecule has 1 aromatic carbocycles. The highest BCUT2D eigenvalue weighted by Crippen LogP contribution is 2.25. The largest absolute Gasteiger partial charge is 0.355 e. The van der Waals surface area contributed by atoms with Crippen molar-refractivity contribution >= 4 is 5.91 Å². The second-order valence-corrected chi connectivity index (χ2v) is 4.29. The maximum atomic E-state index is 11.8. The second kappa shape index (κ2) is 5.12. The highest BCUT2D eigenvalue weighted by atomic mass is 16.1. The molecule has 0 aliphatic heterocycles. The molecule has 0 fully saturated rings. The van der Waals surface area contributed by atoms with E-state index in [1.54, 1.807) is 0 Å². The minimum absolute atomic E-state index is 0.126. The summed E-state index contributed by atoms with van der Waals surface area (Å²) in [5, 5.41) is 2.87. The van der Waals surface area contributed by atoms with Crippen LogP contribution in [0.2, 0.25) is 0 Å². The number of nitrogens with one attached hydrogen (secondary N) is 1. The maximum Gasteiger partial charge on any atom is 0.223 e. The molecule has 2 rings (SSSR count). The minimum Gasteiger partial charge on any atom is -0.355 e. The average Bonchev–Trinajstić information content (AvgIpc) is 2.35. The lowest BCUT2D eigenvalue weighted by molar-refractivity contribution is -0.125. The third kappa shape index (κ3) is 2.42. The number of fused-ring (bicyclic) bond motifs is 1. The minimum atomic E-state index is 0.126. The van der Waals surface area contributed by atoms with Crippen molar-refractivity contribution in [2.45, 2.75) is 19.3 Å². The van der Waals surface area contributed by atoms with Gasteiger partial charge in [-0.15, -0.1) is 0 Å². The Morgan fingerprint density at radius 2 is 2.12 bits per heavy atom. The molecule has 0 bridgehead atoms. The molecule has 1 aromatic rings. The van der Waals surface area contributed by atoms with Gasteiger partial charge in [-0.1, -0.05) is 24.3 Å². The van der Waals surface area contributed by atoms with E-state index in [0.717, 1.165) is 19.3 Å². The fourth-order valence-corrected chi connectivity index (χ4v) is 2.26. The average molecular weight is 218 g/mol. The Bertz CT molecular complexity index is 376. The van der Waals surface area contributed by atoms with Crippen LogP contribution in [0.3, 0.4) is 0 Å². The van der Waals surface area contributed by atoms with Crippen LogP contribution >= 0.6 is 0 Å². The van der Waals surface area contributed by atoms with Crippen molar-refractivity contribution in [1.29, 1.82) is 0 Å². The number of carbonyl (C=O) groups excluding carboxylic acids is 1. The van der Waals surface area contributed by atoms with Crippen molar-refractivity contribution in [3.05, 3.63) is 35.4 Å². The molecule has 3 heteroatoms. The zero-order valence-corrected chi connectivity index (χ0v) is 9.41. The lowest BCUT2D eigenvalue weighted by Gasteiger charge is -2.23. The van der Waals surface area contributed by atoms with E-state index in [1.165, 1.54) is 11.1 Å². The lowest BCUT2D eigenvalue weighted by Crippen LogP contribution is -2.36. The summed E-state index contributed by atoms with van der Waals surface area (Å²) >= 11 is 0. The number of rotatable bonds is 3. The molecule has 0 spiro atoms. The molecule has 1 aliphatic carbocycles. The predicted molar refractivity (Wildman–Crippen MR) is 64.0 cm³/mol. The van der Waals surface area contributed by atoms with Crippen molar-refractivity contribution in [2.75, 3.05) is 13.1 Å². The lowest BCUT2D eigenvalue weighted by atomic mass is 9.83. The van der Waals surface area contributed by atoms with E-state index < -0.39 is 0 Å². The van der Waals surface area contributed by atoms with Gasteiger partial charge in [-0.2, -0.15) is 0 Å². The third-order valence-corrected chi connectivity index (χ3v) is 3.16. The van der Waals surface area contributed by atoms with Crippen LogP contribution in [0.4, 0.5) is 0 Å². The summed E-state index contributed by atoms with van der Waals surface area (Å²) in [6.45, 7) is 1.09. The number of hydrogen-bond acceptors (Lipinski definition) is 2. The highest BCUT2D eigenvalue weighted by Gasteiger charge is 2.23. The fraction of sp³-hybridized carbons (Fsp3) is 0.462. The molecular weight excluding hydrogens is 200 g/mol. The first-order chi connectivity index (χ1) is 7.81. The first kappa shape index (κ1) is 11.1. The molecule has 3 nitrogen and oxygen atoms in total. The molecule has 0 heterocycles. The molecule has 16 heavy (non-hydrogen) atoms. The molecule has 1 aliphatic rings. The van der Waals surface area contributed by atoms with Crippen LogP contribution in [-0.4, -0.2) is 19.0 Å². The van der Waals surface area contributed by atoms with Crippen molar-refractivity contribution in [3.63, 3.8) is 0 Å². The van der Waals surface area contributed by atoms with Crippen LogP contribution in [0, 0.1) is 5.92 Å². The Kier molecular flexibility index (Phi) is 3.57. The molecule has 3 N–H and O–H groups in total. The number of hydrogen-bond donors (Lipinski definition) is 2. The van der Waals surface area contributed by atoms with E-state index in [1.807, 2.05) is 6.07 Å². The Balaban J connectivity index is 1.99. The summed E-state index contributed by atoms with van der Waals surface area (Å²) in [5.74, 6) is 0.279. The second-order valence-electron chi connectivity index (χ2n) is 4.29. The molecule has 1 amide bonds. The van der Waals surface area contributed by atoms with Gasteiger partial charge in [0.05, 0.1) is 0 Å². The van der Waals surface area contributed by atoms with E-state index in [2.05, 4.69) is 23.5 Å². The summed E-state index contributed by atoms with van der Waals surface area (Å²) in [5.41, 5.74) is 8.08. The Hall–Kier alpha value is -1.35. The van der Waals surface area contributed by atoms with Gasteiger partial charge in [0.2, 0.25) is 5.91 Å². The maximum absolute atomic E-state index is 11.8. The van der Waals surface area contributed by atoms with Crippen molar-refractivity contribution in [3.8, 4) is 0 Å². The van der Waals surface area contributed by atoms with Crippen LogP contribution in [0.15, 0.2) is 24.3 Å². The quantitative estimate of drug-likeness (QED) is 0.791. The summed E-state index contributed by atoms with van der Waals surface area (Å²) in [4.78, 5) is 11.8. The predicted octanol–water partition coefficient (Wildman–Crippen LogP) is 0.866. The van der Waals surface area contributed by atoms with Gasteiger partial charge in [0, 0.05) is 19.0 Å². The fourth-order valence-electron chi connectivity index (χ4n) is 2.26. The van der Waals surface area contributed by atoms with Gasteiger partial charge in [-0.05, 0) is 30.4 Å². The number of benzene rings is 1. The van der Waals surface area contributed by atoms with Gasteiger partial charge in [-0.25, -0.2) is 0 Å². The van der Waals surface area contributed by atoms with Gasteiger partial charge in [-0.3, -0.25) is 4.79 Å². The van der Waals surface area contributed by atoms with E-state index in [9.17, 15) is 4.79 Å². The van der Waals surface area contributed by atoms with E-state index in [0.29, 0.717) is 13.1 Å². The summed E-state index contributed by atoms with van der Waals surface area (Å²) in [6, 6.07) is 8.38. The smallest absolute Gasteiger partial charge is 0.223 e. The molecule has 0 saturated carbocycles. The van der Waals surface area contributed by atoms with Crippen LogP contribution < -0.4 is 11.1 Å². The molecule has 0 radical (unpaired) electrons. The molecule has 0 aromatic heterocycles. The Morgan fingerprint density at radius 3 is 2.88 bits per heavy atom. The zero-order chi connectivity index (χ0) is 11.4. The third-order valence-electron chi connectivity index (χ3n) is 3.16. The van der Waals surface area contributed by atoms with E-state index in [-0.39, 0.29) is 11.8 Å². The van der Waals surface area contributed by atoms with Gasteiger partial charge >= 0.3 is 0 Å². The zero-order valence-electron chi connectivity index (χ0n) is 9.41. The highest BCUT2D eigenvalue weighted by molar-refractivity contribution is 5.79. The molecule has 86 valence electrons. The van der Waals surface area contributed by atoms with E-state index in [4.69, 9.17) is 5.73 Å². The monoisotopic (exact) mass is 218 g/mol. The van der Waals surface area contributed by atoms with Gasteiger partial charge in [0.25, 0.3) is 0 Å². The van der Waals surface area contributed by atoms with Gasteiger partial charge < -0.3 is 11.1 Å². The summed E-state index contributed by atoms with van der Waals surface area (Å²) < 4.78 is 0. The standard InChI is InChI=1S/C13H18N2O/c14-7-8-15-13(16)12-6-5-10-3-1-2-4-11(10)9-12/h1-4,12H,5-9,14H2,(H,15,16). The normalized spacial score (nSPS) is 18.9. The molecule has 1 unspecified atom stereocenters. The Morgan fingerprint density at radius 1 is 1.38 bits per heavy atom. The molecule has 0 saturated heterocycles. The van der Waals surface area contributed by atoms with Crippen molar-refractivity contribution in [1.82, 2.24) is 5.32 Å². The van der Waals surface area contributed by atoms with Crippen LogP contribution in [0.1, 0.15) is 17.5 Å². The first-order valence-electron chi connectivity index (χ1n) is 5.86. The number of nitrogens with two attached hydrogens (primary N) is 1. The summed E-state index contributed by atoms with van der Waals surface area (Å²) in [6.07, 6.45) is 2.83. The number of amides is 1. The summed E-state index contributed by atoms with van der Waals surface area (Å²) in [7, 11) is 0. The van der Waals surface area contributed by atoms with Crippen molar-refractivity contribution in [2.24, 2.45) is 11.7 Å². The van der Waals surface area contributed by atoms with E-state index >= 15 is 0 Å². The number of carbonyl (C=O) groups is 1. The van der Waals surface area contributed by atoms with Crippen LogP contribution in [0.25, 0.3) is 0 Å². The van der Waals surface area contributed by atoms with Crippen LogP contribution in [0.5, 0.6) is 0 Å². The first-order valence-corrected chi connectivity index (χ1v) is 5.86. The molecular formula is C13H18N2O. The number of aryl methyl sites for hydroxylation is 1. The van der Waals surface area contributed by atoms with Gasteiger partial charge in [0.1, 0.15) is 0 Å². The topological polar surface area (TPSA) is 55.1 Å². The molecule has 1 atom stereocenters. The Labute approximate surface area is 96.0 Å². The SMILES string of the molecule is NCCNC(=O)C1CCc2ccccc2C1. The van der Waals surface area contributed by atoms with Crippen LogP contribution in [-0.2, 0) is 17.6 Å². The van der Waals surface area contributed by atoms with Crippen molar-refractivity contribution < 1.29 is 4.79 Å². The van der Waals surface area contributed by atoms with Gasteiger partial charge in [0.15, 0.2) is 0 Å².